The fraction of sp³-hybridized carbons (Fsp3) is 0.632. The van der Waals surface area contributed by atoms with E-state index in [0.29, 0.717) is 19.4 Å². The van der Waals surface area contributed by atoms with Crippen LogP contribution < -0.4 is 0 Å². The molecule has 23 heavy (non-hydrogen) atoms. The summed E-state index contributed by atoms with van der Waals surface area (Å²) in [4.78, 5) is 14.0. The number of nitrogens with zero attached hydrogens (tertiary/aromatic N) is 1. The van der Waals surface area contributed by atoms with Crippen LogP contribution in [0.25, 0.3) is 0 Å². The first-order chi connectivity index (χ1) is 11.1. The van der Waals surface area contributed by atoms with Crippen LogP contribution in [0.2, 0.25) is 0 Å². The first kappa shape index (κ1) is 18.0. The van der Waals surface area contributed by atoms with Gasteiger partial charge in [0.2, 0.25) is 0 Å². The molecule has 0 aromatic heterocycles. The van der Waals surface area contributed by atoms with Crippen molar-refractivity contribution in [3.8, 4) is 0 Å². The van der Waals surface area contributed by atoms with Gasteiger partial charge in [0.25, 0.3) is 0 Å². The smallest absolute Gasteiger partial charge is 0.313 e. The van der Waals surface area contributed by atoms with E-state index in [4.69, 9.17) is 0 Å². The molecule has 1 aromatic rings. The molecule has 0 saturated carbocycles. The van der Waals surface area contributed by atoms with Crippen molar-refractivity contribution in [2.24, 2.45) is 5.41 Å². The van der Waals surface area contributed by atoms with Crippen molar-refractivity contribution in [1.29, 1.82) is 0 Å². The summed E-state index contributed by atoms with van der Waals surface area (Å²) >= 11 is 0. The molecule has 2 rings (SSSR count). The van der Waals surface area contributed by atoms with E-state index >= 15 is 0 Å². The third-order valence-electron chi connectivity index (χ3n) is 5.02. The number of hydrogen-bond donors (Lipinski definition) is 2. The molecule has 0 spiro atoms. The standard InChI is InChI=1S/C19H29NO3/c1-2-12-19(18(22)23)15-20(14-11-17(19)21)13-7-6-10-16-8-4-3-5-9-16/h3-5,8-9,17,21H,2,6-7,10-15H2,1H3,(H,22,23)/t17-,19-/m0/s1. The quantitative estimate of drug-likeness (QED) is 0.723. The highest BCUT2D eigenvalue weighted by atomic mass is 16.4. The number of aryl methyl sites for hydroxylation is 1. The molecule has 2 atom stereocenters. The van der Waals surface area contributed by atoms with E-state index in [0.717, 1.165) is 38.8 Å². The zero-order valence-corrected chi connectivity index (χ0v) is 14.1. The molecule has 1 aliphatic rings. The largest absolute Gasteiger partial charge is 0.481 e. The number of benzene rings is 1. The van der Waals surface area contributed by atoms with Crippen LogP contribution in [0, 0.1) is 5.41 Å². The average molecular weight is 319 g/mol. The van der Waals surface area contributed by atoms with E-state index in [2.05, 4.69) is 29.2 Å². The molecule has 1 aliphatic heterocycles. The van der Waals surface area contributed by atoms with Crippen LogP contribution in [0.3, 0.4) is 0 Å². The summed E-state index contributed by atoms with van der Waals surface area (Å²) in [5.41, 5.74) is 0.374. The topological polar surface area (TPSA) is 60.8 Å². The Morgan fingerprint density at radius 2 is 2.04 bits per heavy atom. The van der Waals surface area contributed by atoms with Crippen molar-refractivity contribution >= 4 is 5.97 Å². The molecular formula is C19H29NO3. The van der Waals surface area contributed by atoms with Crippen LogP contribution in [-0.4, -0.2) is 46.8 Å². The highest BCUT2D eigenvalue weighted by Gasteiger charge is 2.48. The number of aliphatic carboxylic acids is 1. The molecule has 4 heteroatoms. The number of carbonyl (C=O) groups is 1. The normalized spacial score (nSPS) is 25.4. The maximum absolute atomic E-state index is 11.8. The van der Waals surface area contributed by atoms with Gasteiger partial charge in [0, 0.05) is 13.1 Å². The third-order valence-corrected chi connectivity index (χ3v) is 5.02. The summed E-state index contributed by atoms with van der Waals surface area (Å²) < 4.78 is 0. The second-order valence-electron chi connectivity index (χ2n) is 6.73. The van der Waals surface area contributed by atoms with Gasteiger partial charge in [-0.15, -0.1) is 0 Å². The molecule has 128 valence electrons. The fourth-order valence-corrected chi connectivity index (χ4v) is 3.67. The summed E-state index contributed by atoms with van der Waals surface area (Å²) in [7, 11) is 0. The summed E-state index contributed by atoms with van der Waals surface area (Å²) in [5.74, 6) is -0.846. The van der Waals surface area contributed by atoms with E-state index in [1.54, 1.807) is 0 Å². The highest BCUT2D eigenvalue weighted by molar-refractivity contribution is 5.76. The van der Waals surface area contributed by atoms with Gasteiger partial charge in [-0.2, -0.15) is 0 Å². The number of aliphatic hydroxyl groups is 1. The molecule has 2 N–H and O–H groups in total. The minimum Gasteiger partial charge on any atom is -0.481 e. The molecule has 0 bridgehead atoms. The fourth-order valence-electron chi connectivity index (χ4n) is 3.67. The Hall–Kier alpha value is -1.39. The predicted molar refractivity (Wildman–Crippen MR) is 91.4 cm³/mol. The second-order valence-corrected chi connectivity index (χ2v) is 6.73. The van der Waals surface area contributed by atoms with E-state index in [-0.39, 0.29) is 0 Å². The zero-order chi connectivity index (χ0) is 16.7. The third kappa shape index (κ3) is 4.55. The van der Waals surface area contributed by atoms with Gasteiger partial charge in [-0.1, -0.05) is 43.7 Å². The Kier molecular flexibility index (Phi) is 6.60. The van der Waals surface area contributed by atoms with Gasteiger partial charge in [-0.25, -0.2) is 0 Å². The van der Waals surface area contributed by atoms with E-state index in [1.807, 2.05) is 13.0 Å². The molecule has 1 saturated heterocycles. The Bertz CT molecular complexity index is 491. The first-order valence-corrected chi connectivity index (χ1v) is 8.76. The molecule has 1 aromatic carbocycles. The van der Waals surface area contributed by atoms with E-state index < -0.39 is 17.5 Å². The van der Waals surface area contributed by atoms with Crippen molar-refractivity contribution in [3.63, 3.8) is 0 Å². The number of piperidine rings is 1. The van der Waals surface area contributed by atoms with Gasteiger partial charge >= 0.3 is 5.97 Å². The van der Waals surface area contributed by atoms with Gasteiger partial charge in [0.15, 0.2) is 0 Å². The molecule has 0 amide bonds. The van der Waals surface area contributed by atoms with Crippen LogP contribution in [0.4, 0.5) is 0 Å². The summed E-state index contributed by atoms with van der Waals surface area (Å²) in [6.45, 7) is 4.17. The summed E-state index contributed by atoms with van der Waals surface area (Å²) in [6.07, 6.45) is 4.40. The lowest BCUT2D eigenvalue weighted by molar-refractivity contribution is -0.164. The molecule has 4 nitrogen and oxygen atoms in total. The maximum Gasteiger partial charge on any atom is 0.313 e. The van der Waals surface area contributed by atoms with Crippen molar-refractivity contribution in [2.75, 3.05) is 19.6 Å². The van der Waals surface area contributed by atoms with E-state index in [1.165, 1.54) is 5.56 Å². The van der Waals surface area contributed by atoms with Gasteiger partial charge in [0.1, 0.15) is 5.41 Å². The van der Waals surface area contributed by atoms with Gasteiger partial charge in [-0.3, -0.25) is 4.79 Å². The number of aliphatic hydroxyl groups excluding tert-OH is 1. The SMILES string of the molecule is CCC[C@]1(C(=O)O)CN(CCCCc2ccccc2)CC[C@@H]1O. The molecule has 0 radical (unpaired) electrons. The van der Waals surface area contributed by atoms with Crippen LogP contribution >= 0.6 is 0 Å². The predicted octanol–water partition coefficient (Wildman–Crippen LogP) is 2.95. The number of rotatable bonds is 8. The summed E-state index contributed by atoms with van der Waals surface area (Å²) in [6, 6.07) is 10.4. The van der Waals surface area contributed by atoms with Gasteiger partial charge in [-0.05, 0) is 44.2 Å². The summed E-state index contributed by atoms with van der Waals surface area (Å²) in [5, 5.41) is 19.9. The lowest BCUT2D eigenvalue weighted by atomic mass is 9.74. The van der Waals surface area contributed by atoms with Crippen molar-refractivity contribution in [2.45, 2.75) is 51.6 Å². The lowest BCUT2D eigenvalue weighted by Gasteiger charge is -2.43. The van der Waals surface area contributed by atoms with Crippen molar-refractivity contribution in [1.82, 2.24) is 4.90 Å². The average Bonchev–Trinajstić information content (AvgIpc) is 2.55. The van der Waals surface area contributed by atoms with Gasteiger partial charge in [0.05, 0.1) is 6.10 Å². The Labute approximate surface area is 139 Å². The monoisotopic (exact) mass is 319 g/mol. The molecule has 0 aliphatic carbocycles. The van der Waals surface area contributed by atoms with E-state index in [9.17, 15) is 15.0 Å². The number of carboxylic acids is 1. The van der Waals surface area contributed by atoms with Crippen LogP contribution in [0.5, 0.6) is 0 Å². The molecule has 1 fully saturated rings. The molecule has 1 heterocycles. The Balaban J connectivity index is 1.82. The maximum atomic E-state index is 11.8. The van der Waals surface area contributed by atoms with Crippen LogP contribution in [-0.2, 0) is 11.2 Å². The minimum atomic E-state index is -0.980. The van der Waals surface area contributed by atoms with Crippen LogP contribution in [0.15, 0.2) is 30.3 Å². The molecular weight excluding hydrogens is 290 g/mol. The number of hydrogen-bond acceptors (Lipinski definition) is 3. The zero-order valence-electron chi connectivity index (χ0n) is 14.1. The first-order valence-electron chi connectivity index (χ1n) is 8.76. The van der Waals surface area contributed by atoms with Gasteiger partial charge < -0.3 is 15.1 Å². The number of carboxylic acid groups (broad SMARTS) is 1. The lowest BCUT2D eigenvalue weighted by Crippen LogP contribution is -2.56. The Morgan fingerprint density at radius 3 is 2.70 bits per heavy atom. The minimum absolute atomic E-state index is 0.475. The second kappa shape index (κ2) is 8.46. The van der Waals surface area contributed by atoms with Crippen molar-refractivity contribution in [3.05, 3.63) is 35.9 Å². The van der Waals surface area contributed by atoms with Crippen LogP contribution in [0.1, 0.15) is 44.6 Å². The number of likely N-dealkylation sites (tertiary alicyclic amines) is 1. The van der Waals surface area contributed by atoms with Crippen molar-refractivity contribution < 1.29 is 15.0 Å². The number of unbranched alkanes of at least 4 members (excludes halogenated alkanes) is 1. The molecule has 0 unspecified atom stereocenters. The highest BCUT2D eigenvalue weighted by Crippen LogP contribution is 2.35. The Morgan fingerprint density at radius 1 is 1.30 bits per heavy atom.